The maximum Gasteiger partial charge on any atom is 0.258 e. The maximum absolute atomic E-state index is 11.9. The number of rotatable bonds is 3. The molecule has 1 saturated heterocycles. The molecule has 5 heteroatoms. The van der Waals surface area contributed by atoms with Crippen LogP contribution in [-0.2, 0) is 4.79 Å². The highest BCUT2D eigenvalue weighted by Gasteiger charge is 2.26. The van der Waals surface area contributed by atoms with Crippen molar-refractivity contribution in [2.45, 2.75) is 25.4 Å². The zero-order chi connectivity index (χ0) is 14.7. The fraction of sp³-hybridized carbons (Fsp3) is 0.250. The zero-order valence-electron chi connectivity index (χ0n) is 11.8. The minimum Gasteiger partial charge on any atom is -0.271 e. The molecule has 2 aromatic rings. The molecule has 0 spiro atoms. The van der Waals surface area contributed by atoms with Crippen molar-refractivity contribution in [3.8, 4) is 0 Å². The number of fused-ring (bicyclic) bond motifs is 1. The third-order valence-corrected chi connectivity index (χ3v) is 3.61. The van der Waals surface area contributed by atoms with Gasteiger partial charge in [-0.05, 0) is 24.1 Å². The van der Waals surface area contributed by atoms with E-state index in [0.717, 1.165) is 22.8 Å². The number of carbonyl (C=O) groups excluding carboxylic acids is 1. The van der Waals surface area contributed by atoms with E-state index in [-0.39, 0.29) is 11.9 Å². The monoisotopic (exact) mass is 282 g/mol. The van der Waals surface area contributed by atoms with E-state index in [9.17, 15) is 4.79 Å². The number of nitrogens with one attached hydrogen (secondary N) is 3. The summed E-state index contributed by atoms with van der Waals surface area (Å²) in [6.07, 6.45) is 2.45. The van der Waals surface area contributed by atoms with E-state index >= 15 is 0 Å². The molecule has 108 valence electrons. The first-order chi connectivity index (χ1) is 10.2. The first-order valence-corrected chi connectivity index (χ1v) is 7.06. The van der Waals surface area contributed by atoms with Gasteiger partial charge in [0.05, 0.1) is 6.21 Å². The Bertz CT molecular complexity index is 678. The van der Waals surface area contributed by atoms with Gasteiger partial charge in [-0.25, -0.2) is 10.9 Å². The highest BCUT2D eigenvalue weighted by molar-refractivity contribution is 6.00. The molecule has 2 aromatic carbocycles. The van der Waals surface area contributed by atoms with Crippen LogP contribution in [0.4, 0.5) is 0 Å². The van der Waals surface area contributed by atoms with E-state index in [1.165, 1.54) is 0 Å². The van der Waals surface area contributed by atoms with Crippen LogP contribution in [0.5, 0.6) is 0 Å². The van der Waals surface area contributed by atoms with Crippen molar-refractivity contribution in [2.75, 3.05) is 0 Å². The molecule has 1 fully saturated rings. The molecule has 21 heavy (non-hydrogen) atoms. The largest absolute Gasteiger partial charge is 0.271 e. The van der Waals surface area contributed by atoms with Gasteiger partial charge in [0.1, 0.15) is 6.04 Å². The Kier molecular flexibility index (Phi) is 3.94. The van der Waals surface area contributed by atoms with Crippen molar-refractivity contribution in [1.29, 1.82) is 0 Å². The minimum atomic E-state index is -0.232. The molecular formula is C16H18N4O. The fourth-order valence-electron chi connectivity index (χ4n) is 2.49. The molecular weight excluding hydrogens is 264 g/mol. The second kappa shape index (κ2) is 6.03. The number of nitrogens with zero attached hydrogens (tertiary/aromatic N) is 1. The van der Waals surface area contributed by atoms with Crippen molar-refractivity contribution < 1.29 is 4.79 Å². The summed E-state index contributed by atoms with van der Waals surface area (Å²) >= 11 is 0. The quantitative estimate of drug-likeness (QED) is 0.591. The lowest BCUT2D eigenvalue weighted by molar-refractivity contribution is -0.122. The first kappa shape index (κ1) is 13.7. The molecule has 1 aliphatic rings. The number of benzene rings is 2. The first-order valence-electron chi connectivity index (χ1n) is 7.06. The summed E-state index contributed by atoms with van der Waals surface area (Å²) in [5.41, 5.74) is 9.54. The van der Waals surface area contributed by atoms with Gasteiger partial charge in [0.2, 0.25) is 0 Å². The minimum absolute atomic E-state index is 0.122. The van der Waals surface area contributed by atoms with Crippen LogP contribution < -0.4 is 16.3 Å². The number of hydrogen-bond acceptors (Lipinski definition) is 4. The van der Waals surface area contributed by atoms with E-state index < -0.39 is 0 Å². The Morgan fingerprint density at radius 3 is 2.86 bits per heavy atom. The highest BCUT2D eigenvalue weighted by Crippen LogP contribution is 2.16. The van der Waals surface area contributed by atoms with Crippen LogP contribution in [0.1, 0.15) is 18.9 Å². The smallest absolute Gasteiger partial charge is 0.258 e. The zero-order valence-corrected chi connectivity index (χ0v) is 11.8. The third-order valence-electron chi connectivity index (χ3n) is 3.61. The van der Waals surface area contributed by atoms with E-state index in [2.05, 4.69) is 33.5 Å². The van der Waals surface area contributed by atoms with Crippen molar-refractivity contribution in [3.63, 3.8) is 0 Å². The third kappa shape index (κ3) is 3.09. The fourth-order valence-corrected chi connectivity index (χ4v) is 2.49. The average Bonchev–Trinajstić information content (AvgIpc) is 2.94. The van der Waals surface area contributed by atoms with Crippen LogP contribution in [0.2, 0.25) is 0 Å². The van der Waals surface area contributed by atoms with E-state index in [0.29, 0.717) is 6.04 Å². The highest BCUT2D eigenvalue weighted by atomic mass is 16.2. The second-order valence-corrected chi connectivity index (χ2v) is 5.28. The topological polar surface area (TPSA) is 65.5 Å². The molecule has 1 heterocycles. The van der Waals surface area contributed by atoms with E-state index in [1.807, 2.05) is 37.3 Å². The van der Waals surface area contributed by atoms with Gasteiger partial charge in [0.25, 0.3) is 5.91 Å². The number of amides is 1. The van der Waals surface area contributed by atoms with Crippen LogP contribution in [-0.4, -0.2) is 24.2 Å². The van der Waals surface area contributed by atoms with Crippen LogP contribution >= 0.6 is 0 Å². The summed E-state index contributed by atoms with van der Waals surface area (Å²) in [6.45, 7) is 2.03. The molecule has 2 unspecified atom stereocenters. The number of hydrazone groups is 1. The Morgan fingerprint density at radius 2 is 2.05 bits per heavy atom. The van der Waals surface area contributed by atoms with Crippen LogP contribution in [0, 0.1) is 0 Å². The number of hydrazine groups is 1. The summed E-state index contributed by atoms with van der Waals surface area (Å²) in [5, 5.41) is 6.34. The predicted octanol–water partition coefficient (Wildman–Crippen LogP) is 1.54. The van der Waals surface area contributed by atoms with Crippen molar-refractivity contribution in [1.82, 2.24) is 16.3 Å². The molecule has 1 amide bonds. The molecule has 1 aliphatic heterocycles. The molecule has 0 radical (unpaired) electrons. The van der Waals surface area contributed by atoms with Gasteiger partial charge in [-0.3, -0.25) is 10.2 Å². The second-order valence-electron chi connectivity index (χ2n) is 5.28. The Labute approximate surface area is 123 Å². The molecule has 3 rings (SSSR count). The van der Waals surface area contributed by atoms with Gasteiger partial charge in [-0.15, -0.1) is 0 Å². The lowest BCUT2D eigenvalue weighted by Crippen LogP contribution is -2.41. The Balaban J connectivity index is 1.69. The molecule has 0 aromatic heterocycles. The van der Waals surface area contributed by atoms with Crippen molar-refractivity contribution in [3.05, 3.63) is 48.0 Å². The lowest BCUT2D eigenvalue weighted by Gasteiger charge is -2.06. The molecule has 5 nitrogen and oxygen atoms in total. The van der Waals surface area contributed by atoms with Crippen LogP contribution in [0.15, 0.2) is 47.6 Å². The normalized spacial score (nSPS) is 22.0. The van der Waals surface area contributed by atoms with E-state index in [1.54, 1.807) is 6.21 Å². The SMILES string of the molecule is CC1CC(C(=O)N/N=C/c2cccc3ccccc23)NN1. The van der Waals surface area contributed by atoms with Gasteiger partial charge >= 0.3 is 0 Å². The van der Waals surface area contributed by atoms with Gasteiger partial charge in [0, 0.05) is 11.6 Å². The average molecular weight is 282 g/mol. The standard InChI is InChI=1S/C16H18N4O/c1-11-9-15(19-18-11)16(21)20-17-10-13-7-4-6-12-5-2-3-8-14(12)13/h2-8,10-11,15,18-19H,9H2,1H3,(H,20,21)/b17-10+. The maximum atomic E-state index is 11.9. The summed E-state index contributed by atoms with van der Waals surface area (Å²) in [4.78, 5) is 11.9. The molecule has 0 saturated carbocycles. The van der Waals surface area contributed by atoms with Gasteiger partial charge in [-0.2, -0.15) is 5.10 Å². The van der Waals surface area contributed by atoms with Crippen molar-refractivity contribution >= 4 is 22.9 Å². The molecule has 0 bridgehead atoms. The lowest BCUT2D eigenvalue weighted by atomic mass is 10.1. The molecule has 3 N–H and O–H groups in total. The Morgan fingerprint density at radius 1 is 1.24 bits per heavy atom. The Hall–Kier alpha value is -2.24. The van der Waals surface area contributed by atoms with Gasteiger partial charge < -0.3 is 0 Å². The van der Waals surface area contributed by atoms with Gasteiger partial charge in [-0.1, -0.05) is 42.5 Å². The number of hydrogen-bond donors (Lipinski definition) is 3. The summed E-state index contributed by atoms with van der Waals surface area (Å²) in [5.74, 6) is -0.122. The number of carbonyl (C=O) groups is 1. The van der Waals surface area contributed by atoms with Crippen molar-refractivity contribution in [2.24, 2.45) is 5.10 Å². The van der Waals surface area contributed by atoms with Crippen LogP contribution in [0.3, 0.4) is 0 Å². The molecule has 0 aliphatic carbocycles. The molecule has 2 atom stereocenters. The summed E-state index contributed by atoms with van der Waals surface area (Å²) < 4.78 is 0. The summed E-state index contributed by atoms with van der Waals surface area (Å²) in [7, 11) is 0. The van der Waals surface area contributed by atoms with E-state index in [4.69, 9.17) is 0 Å². The van der Waals surface area contributed by atoms with Gasteiger partial charge in [0.15, 0.2) is 0 Å². The van der Waals surface area contributed by atoms with Crippen LogP contribution in [0.25, 0.3) is 10.8 Å². The predicted molar refractivity (Wildman–Crippen MR) is 83.8 cm³/mol. The summed E-state index contributed by atoms with van der Waals surface area (Å²) in [6, 6.07) is 14.2.